The van der Waals surface area contributed by atoms with Crippen LogP contribution < -0.4 is 10.2 Å². The minimum atomic E-state index is 0.690. The van der Waals surface area contributed by atoms with Gasteiger partial charge in [0.1, 0.15) is 6.33 Å². The summed E-state index contributed by atoms with van der Waals surface area (Å²) in [7, 11) is 0. The van der Waals surface area contributed by atoms with Crippen molar-refractivity contribution in [2.45, 2.75) is 0 Å². The molecule has 0 aliphatic carbocycles. The number of morpholine rings is 1. The molecule has 0 unspecified atom stereocenters. The van der Waals surface area contributed by atoms with E-state index < -0.39 is 0 Å². The van der Waals surface area contributed by atoms with Crippen molar-refractivity contribution >= 4 is 34.2 Å². The molecule has 1 fully saturated rings. The number of aromatic nitrogens is 4. The first-order chi connectivity index (χ1) is 13.4. The Morgan fingerprint density at radius 2 is 1.93 bits per heavy atom. The van der Waals surface area contributed by atoms with E-state index in [-0.39, 0.29) is 0 Å². The molecule has 7 nitrogen and oxygen atoms in total. The molecule has 1 aromatic carbocycles. The van der Waals surface area contributed by atoms with Gasteiger partial charge in [0, 0.05) is 35.4 Å². The zero-order valence-corrected chi connectivity index (χ0v) is 15.4. The molecule has 1 N–H and O–H groups in total. The third-order valence-electron chi connectivity index (χ3n) is 4.58. The predicted octanol–water partition coefficient (Wildman–Crippen LogP) is 3.43. The summed E-state index contributed by atoms with van der Waals surface area (Å²) in [6, 6.07) is 10.4. The lowest BCUT2D eigenvalue weighted by Crippen LogP contribution is -2.36. The third kappa shape index (κ3) is 3.24. The Hall–Kier alpha value is -2.97. The number of nitrogens with zero attached hydrogens (tertiary/aromatic N) is 5. The van der Waals surface area contributed by atoms with E-state index >= 15 is 0 Å². The van der Waals surface area contributed by atoms with Crippen molar-refractivity contribution in [3.63, 3.8) is 0 Å². The van der Waals surface area contributed by atoms with Gasteiger partial charge < -0.3 is 15.0 Å². The lowest BCUT2D eigenvalue weighted by molar-refractivity contribution is 0.122. The second kappa shape index (κ2) is 6.98. The Labute approximate surface area is 160 Å². The van der Waals surface area contributed by atoms with Crippen LogP contribution in [0.2, 0.25) is 0 Å². The molecule has 1 aliphatic rings. The molecule has 1 saturated heterocycles. The summed E-state index contributed by atoms with van der Waals surface area (Å²) in [5.41, 5.74) is 4.80. The molecule has 0 saturated carbocycles. The van der Waals surface area contributed by atoms with E-state index in [9.17, 15) is 0 Å². The standard InChI is InChI=1S/C19H18N6OS/c1-3-16(24-6-8-26-9-7-24)4-2-15(1)22-18-19-20-13-21-25(19)11-17(23-18)14-5-10-27-12-14/h1-5,10-13H,6-9H2,(H,22,23). The van der Waals surface area contributed by atoms with Crippen molar-refractivity contribution in [3.8, 4) is 11.3 Å². The Morgan fingerprint density at radius 3 is 2.70 bits per heavy atom. The van der Waals surface area contributed by atoms with Crippen molar-refractivity contribution in [2.75, 3.05) is 36.5 Å². The monoisotopic (exact) mass is 378 g/mol. The number of rotatable bonds is 4. The van der Waals surface area contributed by atoms with E-state index in [2.05, 4.69) is 56.0 Å². The predicted molar refractivity (Wildman–Crippen MR) is 107 cm³/mol. The van der Waals surface area contributed by atoms with Crippen LogP contribution in [0.1, 0.15) is 0 Å². The van der Waals surface area contributed by atoms with Gasteiger partial charge in [-0.3, -0.25) is 0 Å². The smallest absolute Gasteiger partial charge is 0.198 e. The van der Waals surface area contributed by atoms with Gasteiger partial charge in [-0.25, -0.2) is 14.5 Å². The van der Waals surface area contributed by atoms with Crippen molar-refractivity contribution < 1.29 is 4.74 Å². The van der Waals surface area contributed by atoms with E-state index in [1.54, 1.807) is 22.2 Å². The second-order valence-electron chi connectivity index (χ2n) is 6.29. The Morgan fingerprint density at radius 1 is 1.07 bits per heavy atom. The molecule has 5 rings (SSSR count). The molecule has 4 aromatic rings. The zero-order valence-electron chi connectivity index (χ0n) is 14.6. The van der Waals surface area contributed by atoms with Crippen LogP contribution in [0.4, 0.5) is 17.2 Å². The first-order valence-electron chi connectivity index (χ1n) is 8.79. The third-order valence-corrected chi connectivity index (χ3v) is 5.27. The zero-order chi connectivity index (χ0) is 18.1. The summed E-state index contributed by atoms with van der Waals surface area (Å²) in [6.07, 6.45) is 3.44. The SMILES string of the molecule is c1nc2c(Nc3ccc(N4CCOCC4)cc3)nc(-c3ccsc3)cn2n1. The highest BCUT2D eigenvalue weighted by atomic mass is 32.1. The highest BCUT2D eigenvalue weighted by Gasteiger charge is 2.13. The van der Waals surface area contributed by atoms with Crippen LogP contribution in [0.3, 0.4) is 0 Å². The average Bonchev–Trinajstić information content (AvgIpc) is 3.41. The molecule has 0 amide bonds. The van der Waals surface area contributed by atoms with Crippen molar-refractivity contribution in [3.05, 3.63) is 53.6 Å². The molecule has 136 valence electrons. The molecule has 8 heteroatoms. The summed E-state index contributed by atoms with van der Waals surface area (Å²) in [6.45, 7) is 3.42. The van der Waals surface area contributed by atoms with Gasteiger partial charge in [0.2, 0.25) is 0 Å². The molecule has 27 heavy (non-hydrogen) atoms. The summed E-state index contributed by atoms with van der Waals surface area (Å²) in [4.78, 5) is 11.4. The first-order valence-corrected chi connectivity index (χ1v) is 9.74. The Kier molecular flexibility index (Phi) is 4.19. The van der Waals surface area contributed by atoms with Crippen LogP contribution in [0.5, 0.6) is 0 Å². The molecule has 0 bridgehead atoms. The van der Waals surface area contributed by atoms with Gasteiger partial charge in [-0.2, -0.15) is 16.4 Å². The van der Waals surface area contributed by atoms with Crippen molar-refractivity contribution in [2.24, 2.45) is 0 Å². The maximum absolute atomic E-state index is 5.42. The van der Waals surface area contributed by atoms with E-state index in [0.717, 1.165) is 43.2 Å². The first kappa shape index (κ1) is 16.2. The molecule has 0 radical (unpaired) electrons. The largest absolute Gasteiger partial charge is 0.378 e. The second-order valence-corrected chi connectivity index (χ2v) is 7.07. The number of hydrogen-bond donors (Lipinski definition) is 1. The minimum absolute atomic E-state index is 0.690. The van der Waals surface area contributed by atoms with Gasteiger partial charge >= 0.3 is 0 Å². The van der Waals surface area contributed by atoms with Crippen LogP contribution >= 0.6 is 11.3 Å². The van der Waals surface area contributed by atoms with E-state index in [4.69, 9.17) is 9.72 Å². The van der Waals surface area contributed by atoms with Gasteiger partial charge in [0.25, 0.3) is 0 Å². The normalized spacial score (nSPS) is 14.6. The topological polar surface area (TPSA) is 67.6 Å². The highest BCUT2D eigenvalue weighted by Crippen LogP contribution is 2.26. The van der Waals surface area contributed by atoms with E-state index in [1.807, 2.05) is 11.6 Å². The van der Waals surface area contributed by atoms with Gasteiger partial charge in [-0.1, -0.05) is 0 Å². The van der Waals surface area contributed by atoms with Crippen molar-refractivity contribution in [1.29, 1.82) is 0 Å². The van der Waals surface area contributed by atoms with E-state index in [0.29, 0.717) is 11.5 Å². The fourth-order valence-corrected chi connectivity index (χ4v) is 3.83. The Balaban J connectivity index is 1.44. The fraction of sp³-hybridized carbons (Fsp3) is 0.211. The van der Waals surface area contributed by atoms with Gasteiger partial charge in [0.15, 0.2) is 11.5 Å². The highest BCUT2D eigenvalue weighted by molar-refractivity contribution is 7.08. The molecule has 0 spiro atoms. The number of nitrogens with one attached hydrogen (secondary N) is 1. The lowest BCUT2D eigenvalue weighted by atomic mass is 10.2. The number of anilines is 3. The van der Waals surface area contributed by atoms with Crippen LogP contribution in [-0.2, 0) is 4.74 Å². The minimum Gasteiger partial charge on any atom is -0.378 e. The molecule has 1 aliphatic heterocycles. The molecule has 0 atom stereocenters. The number of fused-ring (bicyclic) bond motifs is 1. The maximum atomic E-state index is 5.42. The molecular weight excluding hydrogens is 360 g/mol. The number of ether oxygens (including phenoxy) is 1. The number of benzene rings is 1. The summed E-state index contributed by atoms with van der Waals surface area (Å²) in [5, 5.41) is 11.8. The Bertz CT molecular complexity index is 1040. The maximum Gasteiger partial charge on any atom is 0.198 e. The molecule has 4 heterocycles. The average molecular weight is 378 g/mol. The van der Waals surface area contributed by atoms with Gasteiger partial charge in [-0.15, -0.1) is 0 Å². The van der Waals surface area contributed by atoms with Crippen LogP contribution in [0.15, 0.2) is 53.6 Å². The number of thiophene rings is 1. The summed E-state index contributed by atoms with van der Waals surface area (Å²) in [5.74, 6) is 0.690. The van der Waals surface area contributed by atoms with Gasteiger partial charge in [0.05, 0.1) is 25.1 Å². The van der Waals surface area contributed by atoms with Gasteiger partial charge in [-0.05, 0) is 35.7 Å². The van der Waals surface area contributed by atoms with Crippen LogP contribution in [-0.4, -0.2) is 45.9 Å². The number of hydrogen-bond acceptors (Lipinski definition) is 7. The van der Waals surface area contributed by atoms with E-state index in [1.165, 1.54) is 5.69 Å². The molecular formula is C19H18N6OS. The van der Waals surface area contributed by atoms with Crippen LogP contribution in [0, 0.1) is 0 Å². The lowest BCUT2D eigenvalue weighted by Gasteiger charge is -2.28. The summed E-state index contributed by atoms with van der Waals surface area (Å²) >= 11 is 1.65. The fourth-order valence-electron chi connectivity index (χ4n) is 3.18. The summed E-state index contributed by atoms with van der Waals surface area (Å²) < 4.78 is 7.18. The van der Waals surface area contributed by atoms with Crippen molar-refractivity contribution in [1.82, 2.24) is 19.6 Å². The quantitative estimate of drug-likeness (QED) is 0.587. The molecule has 3 aromatic heterocycles. The van der Waals surface area contributed by atoms with Crippen LogP contribution in [0.25, 0.3) is 16.9 Å².